The minimum absolute atomic E-state index is 0.0465. The summed E-state index contributed by atoms with van der Waals surface area (Å²) in [5, 5.41) is 20.4. The third-order valence-electron chi connectivity index (χ3n) is 5.26. The van der Waals surface area contributed by atoms with Crippen LogP contribution < -0.4 is 4.74 Å². The van der Waals surface area contributed by atoms with Gasteiger partial charge in [0, 0.05) is 0 Å². The summed E-state index contributed by atoms with van der Waals surface area (Å²) in [7, 11) is 0. The van der Waals surface area contributed by atoms with E-state index >= 15 is 0 Å². The standard InChI is InChI=1S/C28H21I2NO6S/c1-2-36-28(35)23-24(32)22(38-26(23)31-19-6-4-3-5-7-19)14-17-12-20(29)25(21(30)13-17)37-15-16-8-10-18(11-9-16)27(33)34/h3-14,32H,2,15H2,1H3,(H,33,34)/b22-14-,31-26?. The number of rotatable bonds is 8. The van der Waals surface area contributed by atoms with Gasteiger partial charge >= 0.3 is 11.9 Å². The molecule has 0 unspecified atom stereocenters. The molecule has 0 radical (unpaired) electrons. The van der Waals surface area contributed by atoms with Gasteiger partial charge in [-0.3, -0.25) is 0 Å². The van der Waals surface area contributed by atoms with Crippen LogP contribution in [0.25, 0.3) is 6.08 Å². The summed E-state index contributed by atoms with van der Waals surface area (Å²) < 4.78 is 12.9. The molecular formula is C28H21I2NO6S. The molecule has 0 saturated heterocycles. The van der Waals surface area contributed by atoms with E-state index < -0.39 is 11.9 Å². The van der Waals surface area contributed by atoms with E-state index in [4.69, 9.17) is 14.6 Å². The van der Waals surface area contributed by atoms with Gasteiger partial charge in [-0.1, -0.05) is 42.1 Å². The van der Waals surface area contributed by atoms with Crippen molar-refractivity contribution in [3.05, 3.63) is 107 Å². The van der Waals surface area contributed by atoms with E-state index in [1.54, 1.807) is 37.3 Å². The smallest absolute Gasteiger partial charge is 0.344 e. The summed E-state index contributed by atoms with van der Waals surface area (Å²) >= 11 is 5.58. The van der Waals surface area contributed by atoms with E-state index in [9.17, 15) is 14.7 Å². The number of nitrogens with zero attached hydrogens (tertiary/aromatic N) is 1. The second kappa shape index (κ2) is 12.8. The van der Waals surface area contributed by atoms with Gasteiger partial charge in [0.05, 0.1) is 29.9 Å². The number of hydrogen-bond donors (Lipinski definition) is 2. The second-order valence-corrected chi connectivity index (χ2v) is 11.3. The fourth-order valence-corrected chi connectivity index (χ4v) is 6.63. The van der Waals surface area contributed by atoms with Crippen LogP contribution in [0.15, 0.2) is 88.0 Å². The van der Waals surface area contributed by atoms with Crippen LogP contribution in [0.4, 0.5) is 5.69 Å². The zero-order chi connectivity index (χ0) is 27.2. The number of carbonyl (C=O) groups is 2. The van der Waals surface area contributed by atoms with Crippen LogP contribution in [0.3, 0.4) is 0 Å². The largest absolute Gasteiger partial charge is 0.506 e. The maximum Gasteiger partial charge on any atom is 0.344 e. The molecule has 0 saturated carbocycles. The molecular weight excluding hydrogens is 732 g/mol. The number of thioether (sulfide) groups is 1. The molecule has 2 N–H and O–H groups in total. The number of carboxylic acid groups (broad SMARTS) is 1. The van der Waals surface area contributed by atoms with Crippen molar-refractivity contribution in [2.45, 2.75) is 13.5 Å². The van der Waals surface area contributed by atoms with Gasteiger partial charge in [-0.25, -0.2) is 14.6 Å². The lowest BCUT2D eigenvalue weighted by Crippen LogP contribution is -2.12. The number of para-hydroxylation sites is 1. The topological polar surface area (TPSA) is 105 Å². The van der Waals surface area contributed by atoms with Gasteiger partial charge in [0.15, 0.2) is 0 Å². The van der Waals surface area contributed by atoms with E-state index in [-0.39, 0.29) is 30.1 Å². The normalized spacial score (nSPS) is 15.2. The molecule has 0 aliphatic carbocycles. The molecule has 3 aromatic carbocycles. The highest BCUT2D eigenvalue weighted by Crippen LogP contribution is 2.41. The fraction of sp³-hybridized carbons (Fsp3) is 0.107. The van der Waals surface area contributed by atoms with E-state index in [0.717, 1.165) is 18.3 Å². The lowest BCUT2D eigenvalue weighted by molar-refractivity contribution is -0.138. The highest BCUT2D eigenvalue weighted by Gasteiger charge is 2.33. The maximum atomic E-state index is 12.6. The Hall–Kier alpha value is -2.84. The number of ether oxygens (including phenoxy) is 2. The third kappa shape index (κ3) is 6.77. The number of halogens is 2. The molecule has 4 rings (SSSR count). The SMILES string of the molecule is CCOC(=O)C1=C(O)/C(=C/c2cc(I)c(OCc3ccc(C(=O)O)cc3)c(I)c2)SC1=Nc1ccccc1. The Morgan fingerprint density at radius 2 is 1.68 bits per heavy atom. The molecule has 0 spiro atoms. The molecule has 0 fully saturated rings. The van der Waals surface area contributed by atoms with Crippen molar-refractivity contribution in [1.29, 1.82) is 0 Å². The van der Waals surface area contributed by atoms with E-state index in [0.29, 0.717) is 21.4 Å². The second-order valence-electron chi connectivity index (χ2n) is 7.91. The Bertz CT molecular complexity index is 1440. The van der Waals surface area contributed by atoms with Crippen LogP contribution in [0.1, 0.15) is 28.4 Å². The van der Waals surface area contributed by atoms with E-state index in [1.807, 2.05) is 42.5 Å². The zero-order valence-electron chi connectivity index (χ0n) is 20.0. The molecule has 7 nitrogen and oxygen atoms in total. The van der Waals surface area contributed by atoms with Crippen molar-refractivity contribution in [2.24, 2.45) is 4.99 Å². The molecule has 38 heavy (non-hydrogen) atoms. The average molecular weight is 753 g/mol. The molecule has 1 aliphatic rings. The summed E-state index contributed by atoms with van der Waals surface area (Å²) in [5.41, 5.74) is 2.59. The zero-order valence-corrected chi connectivity index (χ0v) is 25.1. The van der Waals surface area contributed by atoms with Gasteiger partial charge in [-0.05, 0) is 106 Å². The maximum absolute atomic E-state index is 12.6. The number of aliphatic hydroxyl groups excluding tert-OH is 1. The number of aliphatic hydroxyl groups is 1. The lowest BCUT2D eigenvalue weighted by atomic mass is 10.1. The summed E-state index contributed by atoms with van der Waals surface area (Å²) in [6, 6.07) is 19.6. The molecule has 0 bridgehead atoms. The molecule has 0 amide bonds. The van der Waals surface area contributed by atoms with Crippen molar-refractivity contribution < 1.29 is 29.3 Å². The van der Waals surface area contributed by atoms with Crippen LogP contribution in [0, 0.1) is 7.14 Å². The minimum atomic E-state index is -0.972. The first-order valence-corrected chi connectivity index (χ1v) is 14.3. The van der Waals surface area contributed by atoms with Crippen LogP contribution >= 0.6 is 56.9 Å². The quantitative estimate of drug-likeness (QED) is 0.183. The number of aromatic carboxylic acids is 1. The summed E-state index contributed by atoms with van der Waals surface area (Å²) in [4.78, 5) is 28.7. The van der Waals surface area contributed by atoms with Gasteiger partial charge in [-0.2, -0.15) is 0 Å². The number of carbonyl (C=O) groups excluding carboxylic acids is 1. The highest BCUT2D eigenvalue weighted by molar-refractivity contribution is 14.1. The van der Waals surface area contributed by atoms with Gasteiger partial charge < -0.3 is 19.7 Å². The Kier molecular flexibility index (Phi) is 9.49. The Morgan fingerprint density at radius 3 is 2.29 bits per heavy atom. The van der Waals surface area contributed by atoms with Crippen LogP contribution in [-0.2, 0) is 16.1 Å². The third-order valence-corrected chi connectivity index (χ3v) is 7.88. The Balaban J connectivity index is 1.59. The summed E-state index contributed by atoms with van der Waals surface area (Å²) in [6.45, 7) is 2.17. The molecule has 0 atom stereocenters. The number of benzene rings is 3. The van der Waals surface area contributed by atoms with Crippen molar-refractivity contribution in [2.75, 3.05) is 6.61 Å². The predicted octanol–water partition coefficient (Wildman–Crippen LogP) is 7.37. The summed E-state index contributed by atoms with van der Waals surface area (Å²) in [6.07, 6.45) is 1.80. The lowest BCUT2D eigenvalue weighted by Gasteiger charge is -2.12. The first kappa shape index (κ1) is 28.2. The average Bonchev–Trinajstić information content (AvgIpc) is 3.18. The number of carboxylic acids is 1. The van der Waals surface area contributed by atoms with Crippen molar-refractivity contribution in [3.8, 4) is 5.75 Å². The summed E-state index contributed by atoms with van der Waals surface area (Å²) in [5.74, 6) is -1.06. The van der Waals surface area contributed by atoms with Crippen LogP contribution in [0.2, 0.25) is 0 Å². The molecule has 194 valence electrons. The highest BCUT2D eigenvalue weighted by atomic mass is 127. The van der Waals surface area contributed by atoms with E-state index in [1.165, 1.54) is 11.8 Å². The van der Waals surface area contributed by atoms with Gasteiger partial charge in [0.1, 0.15) is 28.7 Å². The first-order valence-electron chi connectivity index (χ1n) is 11.3. The molecule has 1 aliphatic heterocycles. The molecule has 1 heterocycles. The van der Waals surface area contributed by atoms with Crippen molar-refractivity contribution >= 4 is 85.7 Å². The first-order chi connectivity index (χ1) is 18.3. The van der Waals surface area contributed by atoms with Crippen molar-refractivity contribution in [3.63, 3.8) is 0 Å². The Morgan fingerprint density at radius 1 is 1.03 bits per heavy atom. The molecule has 3 aromatic rings. The Labute approximate surface area is 250 Å². The number of hydrogen-bond acceptors (Lipinski definition) is 7. The van der Waals surface area contributed by atoms with Crippen LogP contribution in [-0.4, -0.2) is 33.8 Å². The van der Waals surface area contributed by atoms with Crippen molar-refractivity contribution in [1.82, 2.24) is 0 Å². The predicted molar refractivity (Wildman–Crippen MR) is 165 cm³/mol. The number of aliphatic imine (C=N–C) groups is 1. The monoisotopic (exact) mass is 753 g/mol. The van der Waals surface area contributed by atoms with Crippen LogP contribution in [0.5, 0.6) is 5.75 Å². The fourth-order valence-electron chi connectivity index (χ4n) is 3.46. The number of esters is 1. The van der Waals surface area contributed by atoms with Gasteiger partial charge in [-0.15, -0.1) is 0 Å². The van der Waals surface area contributed by atoms with Gasteiger partial charge in [0.25, 0.3) is 0 Å². The van der Waals surface area contributed by atoms with Gasteiger partial charge in [0.2, 0.25) is 0 Å². The van der Waals surface area contributed by atoms with E-state index in [2.05, 4.69) is 50.2 Å². The molecule has 10 heteroatoms. The molecule has 0 aromatic heterocycles. The minimum Gasteiger partial charge on any atom is -0.506 e.